The first-order chi connectivity index (χ1) is 7.83. The predicted octanol–water partition coefficient (Wildman–Crippen LogP) is 5.28. The van der Waals surface area contributed by atoms with Crippen LogP contribution in [0.5, 0.6) is 5.75 Å². The van der Waals surface area contributed by atoms with Gasteiger partial charge in [-0.3, -0.25) is 0 Å². The van der Waals surface area contributed by atoms with Gasteiger partial charge in [-0.05, 0) is 49.6 Å². The molecule has 0 aliphatic rings. The molecule has 1 aromatic rings. The number of ether oxygens (including phenoxy) is 1. The van der Waals surface area contributed by atoms with Crippen LogP contribution in [0.15, 0.2) is 21.1 Å². The van der Waals surface area contributed by atoms with Crippen molar-refractivity contribution in [2.24, 2.45) is 0 Å². The molecule has 0 aromatic heterocycles. The van der Waals surface area contributed by atoms with E-state index >= 15 is 0 Å². The summed E-state index contributed by atoms with van der Waals surface area (Å²) in [5.41, 5.74) is 0.841. The quantitative estimate of drug-likeness (QED) is 0.629. The molecule has 0 bridgehead atoms. The zero-order valence-electron chi connectivity index (χ0n) is 8.45. The van der Waals surface area contributed by atoms with Crippen LogP contribution < -0.4 is 4.74 Å². The molecule has 0 N–H and O–H groups in total. The molecule has 7 heteroatoms. The SMILES string of the molecule is FC(F)(F)CCOc1c(Br)cc(CCl)cc1Br. The standard InChI is InChI=1S/C10H8Br2ClF3O/c11-7-3-6(5-13)4-8(12)9(7)17-2-1-10(14,15)16/h3-4H,1-2,5H2. The molecule has 0 saturated carbocycles. The van der Waals surface area contributed by atoms with Gasteiger partial charge in [-0.15, -0.1) is 11.6 Å². The van der Waals surface area contributed by atoms with E-state index in [-0.39, 0.29) is 0 Å². The van der Waals surface area contributed by atoms with Crippen LogP contribution in [0.3, 0.4) is 0 Å². The van der Waals surface area contributed by atoms with Crippen LogP contribution in [0.2, 0.25) is 0 Å². The highest BCUT2D eigenvalue weighted by atomic mass is 79.9. The van der Waals surface area contributed by atoms with Crippen LogP contribution in [0.1, 0.15) is 12.0 Å². The number of hydrogen-bond acceptors (Lipinski definition) is 1. The topological polar surface area (TPSA) is 9.23 Å². The third kappa shape index (κ3) is 5.06. The second kappa shape index (κ2) is 6.29. The van der Waals surface area contributed by atoms with Gasteiger partial charge in [0, 0.05) is 5.88 Å². The highest BCUT2D eigenvalue weighted by Crippen LogP contribution is 2.35. The van der Waals surface area contributed by atoms with E-state index in [1.165, 1.54) is 0 Å². The summed E-state index contributed by atoms with van der Waals surface area (Å²) >= 11 is 12.1. The van der Waals surface area contributed by atoms with Gasteiger partial charge in [-0.2, -0.15) is 13.2 Å². The van der Waals surface area contributed by atoms with Crippen molar-refractivity contribution in [3.63, 3.8) is 0 Å². The average Bonchev–Trinajstić information content (AvgIpc) is 2.20. The maximum absolute atomic E-state index is 12.0. The van der Waals surface area contributed by atoms with E-state index in [4.69, 9.17) is 16.3 Å². The van der Waals surface area contributed by atoms with Crippen LogP contribution in [-0.2, 0) is 5.88 Å². The van der Waals surface area contributed by atoms with Gasteiger partial charge < -0.3 is 4.74 Å². The maximum Gasteiger partial charge on any atom is 0.392 e. The van der Waals surface area contributed by atoms with E-state index in [0.717, 1.165) is 5.56 Å². The molecule has 0 saturated heterocycles. The Labute approximate surface area is 119 Å². The predicted molar refractivity (Wildman–Crippen MR) is 67.6 cm³/mol. The number of halogens is 6. The molecule has 0 aliphatic carbocycles. The van der Waals surface area contributed by atoms with Crippen molar-refractivity contribution in [1.29, 1.82) is 0 Å². The van der Waals surface area contributed by atoms with Crippen molar-refractivity contribution < 1.29 is 17.9 Å². The number of alkyl halides is 4. The summed E-state index contributed by atoms with van der Waals surface area (Å²) in [6.07, 6.45) is -5.20. The molecule has 1 aromatic carbocycles. The largest absolute Gasteiger partial charge is 0.491 e. The molecule has 0 unspecified atom stereocenters. The summed E-state index contributed by atoms with van der Waals surface area (Å²) in [5, 5.41) is 0. The molecule has 1 rings (SSSR count). The molecule has 0 heterocycles. The minimum Gasteiger partial charge on any atom is -0.491 e. The summed E-state index contributed by atoms with van der Waals surface area (Å²) in [6.45, 7) is -0.416. The Morgan fingerprint density at radius 1 is 1.18 bits per heavy atom. The van der Waals surface area contributed by atoms with Crippen molar-refractivity contribution >= 4 is 43.5 Å². The molecule has 17 heavy (non-hydrogen) atoms. The Kier molecular flexibility index (Phi) is 5.60. The molecular weight excluding hydrogens is 388 g/mol. The Balaban J connectivity index is 2.72. The fourth-order valence-corrected chi connectivity index (χ4v) is 2.76. The highest BCUT2D eigenvalue weighted by molar-refractivity contribution is 9.11. The van der Waals surface area contributed by atoms with Gasteiger partial charge in [0.2, 0.25) is 0 Å². The van der Waals surface area contributed by atoms with E-state index in [1.807, 2.05) is 0 Å². The van der Waals surface area contributed by atoms with Crippen LogP contribution in [0, 0.1) is 0 Å². The number of benzene rings is 1. The summed E-state index contributed by atoms with van der Waals surface area (Å²) in [5.74, 6) is 0.670. The van der Waals surface area contributed by atoms with Gasteiger partial charge in [0.15, 0.2) is 0 Å². The van der Waals surface area contributed by atoms with Gasteiger partial charge in [0.25, 0.3) is 0 Å². The first-order valence-electron chi connectivity index (χ1n) is 4.57. The minimum atomic E-state index is -4.21. The fourth-order valence-electron chi connectivity index (χ4n) is 1.10. The van der Waals surface area contributed by atoms with Gasteiger partial charge >= 0.3 is 6.18 Å². The highest BCUT2D eigenvalue weighted by Gasteiger charge is 2.27. The Morgan fingerprint density at radius 2 is 1.71 bits per heavy atom. The smallest absolute Gasteiger partial charge is 0.392 e. The lowest BCUT2D eigenvalue weighted by Crippen LogP contribution is -2.13. The molecule has 1 nitrogen and oxygen atoms in total. The summed E-state index contributed by atoms with van der Waals surface area (Å²) < 4.78 is 42.1. The van der Waals surface area contributed by atoms with Gasteiger partial charge in [0.05, 0.1) is 22.0 Å². The zero-order valence-corrected chi connectivity index (χ0v) is 12.4. The van der Waals surface area contributed by atoms with E-state index in [9.17, 15) is 13.2 Å². The Hall–Kier alpha value is 0.0600. The lowest BCUT2D eigenvalue weighted by atomic mass is 10.2. The minimum absolute atomic E-state index is 0.319. The summed E-state index contributed by atoms with van der Waals surface area (Å²) in [4.78, 5) is 0. The first kappa shape index (κ1) is 15.1. The van der Waals surface area contributed by atoms with E-state index in [1.54, 1.807) is 12.1 Å². The summed E-state index contributed by atoms with van der Waals surface area (Å²) in [6, 6.07) is 3.42. The van der Waals surface area contributed by atoms with Crippen LogP contribution in [0.4, 0.5) is 13.2 Å². The number of rotatable bonds is 4. The molecule has 96 valence electrons. The normalized spacial score (nSPS) is 11.6. The van der Waals surface area contributed by atoms with Crippen LogP contribution >= 0.6 is 43.5 Å². The second-order valence-electron chi connectivity index (χ2n) is 3.24. The molecule has 0 fully saturated rings. The zero-order chi connectivity index (χ0) is 13.1. The molecule has 0 atom stereocenters. The van der Waals surface area contributed by atoms with E-state index < -0.39 is 19.2 Å². The lowest BCUT2D eigenvalue weighted by molar-refractivity contribution is -0.139. The fraction of sp³-hybridized carbons (Fsp3) is 0.400. The number of hydrogen-bond donors (Lipinski definition) is 0. The van der Waals surface area contributed by atoms with Crippen molar-refractivity contribution in [2.75, 3.05) is 6.61 Å². The van der Waals surface area contributed by atoms with E-state index in [0.29, 0.717) is 20.6 Å². The molecule has 0 aliphatic heterocycles. The monoisotopic (exact) mass is 394 g/mol. The maximum atomic E-state index is 12.0. The summed E-state index contributed by atoms with van der Waals surface area (Å²) in [7, 11) is 0. The van der Waals surface area contributed by atoms with Gasteiger partial charge in [0.1, 0.15) is 5.75 Å². The van der Waals surface area contributed by atoms with Crippen molar-refractivity contribution in [1.82, 2.24) is 0 Å². The third-order valence-corrected chi connectivity index (χ3v) is 3.33. The van der Waals surface area contributed by atoms with Crippen molar-refractivity contribution in [2.45, 2.75) is 18.5 Å². The van der Waals surface area contributed by atoms with E-state index in [2.05, 4.69) is 31.9 Å². The molecule has 0 amide bonds. The van der Waals surface area contributed by atoms with Gasteiger partial charge in [-0.1, -0.05) is 0 Å². The van der Waals surface area contributed by atoms with Crippen LogP contribution in [-0.4, -0.2) is 12.8 Å². The second-order valence-corrected chi connectivity index (χ2v) is 5.21. The lowest BCUT2D eigenvalue weighted by Gasteiger charge is -2.12. The van der Waals surface area contributed by atoms with Crippen molar-refractivity contribution in [3.8, 4) is 5.75 Å². The molecule has 0 spiro atoms. The molecular formula is C10H8Br2ClF3O. The molecule has 0 radical (unpaired) electrons. The average molecular weight is 396 g/mol. The van der Waals surface area contributed by atoms with Crippen molar-refractivity contribution in [3.05, 3.63) is 26.6 Å². The van der Waals surface area contributed by atoms with Crippen LogP contribution in [0.25, 0.3) is 0 Å². The Bertz CT molecular complexity index is 373. The first-order valence-corrected chi connectivity index (χ1v) is 6.69. The Morgan fingerprint density at radius 3 is 2.12 bits per heavy atom. The third-order valence-electron chi connectivity index (χ3n) is 1.84. The van der Waals surface area contributed by atoms with Gasteiger partial charge in [-0.25, -0.2) is 0 Å².